The third kappa shape index (κ3) is 3.55. The maximum absolute atomic E-state index is 11.2. The number of rotatable bonds is 3. The molecule has 1 aromatic heterocycles. The second-order valence-corrected chi connectivity index (χ2v) is 6.17. The van der Waals surface area contributed by atoms with Crippen LogP contribution < -0.4 is 4.74 Å². The molecule has 2 rings (SSSR count). The van der Waals surface area contributed by atoms with Gasteiger partial charge in [0.05, 0.1) is 4.47 Å². The van der Waals surface area contributed by atoms with E-state index < -0.39 is 5.97 Å². The predicted octanol–water partition coefficient (Wildman–Crippen LogP) is 4.86. The number of hydrogen-bond donors (Lipinski definition) is 1. The highest BCUT2D eigenvalue weighted by atomic mass is 79.9. The maximum atomic E-state index is 11.2. The number of carboxylic acids is 1. The number of aromatic nitrogens is 1. The Balaban J connectivity index is 2.40. The minimum absolute atomic E-state index is 0.0611. The number of hydrogen-bond acceptors (Lipinski definition) is 3. The van der Waals surface area contributed by atoms with Gasteiger partial charge in [0.1, 0.15) is 11.3 Å². The quantitative estimate of drug-likeness (QED) is 0.724. The molecule has 0 spiro atoms. The molecule has 1 heterocycles. The van der Waals surface area contributed by atoms with Crippen molar-refractivity contribution in [3.05, 3.63) is 49.4 Å². The monoisotopic (exact) mass is 449 g/mol. The largest absolute Gasteiger partial charge is 0.478 e. The maximum Gasteiger partial charge on any atom is 0.339 e. The fraction of sp³-hybridized carbons (Fsp3) is 0. The minimum Gasteiger partial charge on any atom is -0.478 e. The van der Waals surface area contributed by atoms with Gasteiger partial charge in [0, 0.05) is 15.1 Å². The van der Waals surface area contributed by atoms with E-state index in [4.69, 9.17) is 9.84 Å². The van der Waals surface area contributed by atoms with Crippen LogP contribution in [-0.2, 0) is 0 Å². The SMILES string of the molecule is O=C(O)c1cc(Br)ccc1Oc1ncc(Br)cc1Br. The van der Waals surface area contributed by atoms with Gasteiger partial charge in [-0.25, -0.2) is 9.78 Å². The Morgan fingerprint density at radius 2 is 1.89 bits per heavy atom. The number of aromatic carboxylic acids is 1. The Morgan fingerprint density at radius 3 is 2.53 bits per heavy atom. The van der Waals surface area contributed by atoms with Crippen LogP contribution in [0.2, 0.25) is 0 Å². The summed E-state index contributed by atoms with van der Waals surface area (Å²) in [5.74, 6) is -0.538. The van der Waals surface area contributed by atoms with Crippen LogP contribution >= 0.6 is 47.8 Å². The molecule has 0 bridgehead atoms. The highest BCUT2D eigenvalue weighted by molar-refractivity contribution is 9.11. The van der Waals surface area contributed by atoms with E-state index >= 15 is 0 Å². The third-order valence-corrected chi connectivity index (χ3v) is 3.65. The van der Waals surface area contributed by atoms with Crippen molar-refractivity contribution in [2.24, 2.45) is 0 Å². The summed E-state index contributed by atoms with van der Waals surface area (Å²) in [5.41, 5.74) is 0.0611. The third-order valence-electron chi connectivity index (χ3n) is 2.15. The highest BCUT2D eigenvalue weighted by Gasteiger charge is 2.14. The van der Waals surface area contributed by atoms with Crippen molar-refractivity contribution in [1.29, 1.82) is 0 Å². The van der Waals surface area contributed by atoms with Crippen LogP contribution in [0.15, 0.2) is 43.9 Å². The van der Waals surface area contributed by atoms with Gasteiger partial charge in [0.25, 0.3) is 0 Å². The summed E-state index contributed by atoms with van der Waals surface area (Å²) in [5, 5.41) is 9.14. The second-order valence-electron chi connectivity index (χ2n) is 3.49. The Bertz CT molecular complexity index is 646. The zero-order valence-electron chi connectivity index (χ0n) is 9.23. The molecule has 0 aliphatic heterocycles. The van der Waals surface area contributed by atoms with Crippen molar-refractivity contribution >= 4 is 53.8 Å². The summed E-state index contributed by atoms with van der Waals surface area (Å²) >= 11 is 9.81. The van der Waals surface area contributed by atoms with E-state index in [9.17, 15) is 4.79 Å². The van der Waals surface area contributed by atoms with Gasteiger partial charge in [-0.1, -0.05) is 15.9 Å². The molecular formula is C12H6Br3NO3. The molecule has 98 valence electrons. The first-order chi connectivity index (χ1) is 8.97. The van der Waals surface area contributed by atoms with E-state index in [1.807, 2.05) is 0 Å². The summed E-state index contributed by atoms with van der Waals surface area (Å²) in [6.07, 6.45) is 1.57. The minimum atomic E-state index is -1.07. The van der Waals surface area contributed by atoms with Gasteiger partial charge in [-0.2, -0.15) is 0 Å². The number of halogens is 3. The van der Waals surface area contributed by atoms with E-state index in [-0.39, 0.29) is 11.3 Å². The molecule has 1 aromatic carbocycles. The molecule has 2 aromatic rings. The number of nitrogens with zero attached hydrogens (tertiary/aromatic N) is 1. The van der Waals surface area contributed by atoms with E-state index in [2.05, 4.69) is 52.8 Å². The molecule has 0 unspecified atom stereocenters. The van der Waals surface area contributed by atoms with Gasteiger partial charge in [-0.15, -0.1) is 0 Å². The number of ether oxygens (including phenoxy) is 1. The lowest BCUT2D eigenvalue weighted by molar-refractivity contribution is 0.0694. The molecule has 0 atom stereocenters. The lowest BCUT2D eigenvalue weighted by atomic mass is 10.2. The molecule has 0 amide bonds. The molecular weight excluding hydrogens is 446 g/mol. The first-order valence-corrected chi connectivity index (χ1v) is 7.37. The van der Waals surface area contributed by atoms with Crippen molar-refractivity contribution in [3.63, 3.8) is 0 Å². The molecule has 0 aliphatic rings. The normalized spacial score (nSPS) is 10.3. The number of carbonyl (C=O) groups is 1. The summed E-state index contributed by atoms with van der Waals surface area (Å²) in [4.78, 5) is 15.2. The zero-order chi connectivity index (χ0) is 14.0. The van der Waals surface area contributed by atoms with Gasteiger partial charge >= 0.3 is 5.97 Å². The summed E-state index contributed by atoms with van der Waals surface area (Å²) < 4.78 is 7.62. The van der Waals surface area contributed by atoms with Crippen molar-refractivity contribution in [2.75, 3.05) is 0 Å². The fourth-order valence-electron chi connectivity index (χ4n) is 1.34. The van der Waals surface area contributed by atoms with Crippen LogP contribution in [-0.4, -0.2) is 16.1 Å². The molecule has 0 saturated carbocycles. The van der Waals surface area contributed by atoms with Gasteiger partial charge in [0.15, 0.2) is 0 Å². The molecule has 1 N–H and O–H groups in total. The van der Waals surface area contributed by atoms with Crippen LogP contribution in [0.5, 0.6) is 11.6 Å². The Kier molecular flexibility index (Phi) is 4.59. The van der Waals surface area contributed by atoms with Crippen LogP contribution in [0.25, 0.3) is 0 Å². The Morgan fingerprint density at radius 1 is 1.16 bits per heavy atom. The summed E-state index contributed by atoms with van der Waals surface area (Å²) in [6, 6.07) is 6.52. The van der Waals surface area contributed by atoms with Gasteiger partial charge in [0.2, 0.25) is 5.88 Å². The van der Waals surface area contributed by atoms with Gasteiger partial charge in [-0.05, 0) is 56.1 Å². The van der Waals surface area contributed by atoms with Gasteiger partial charge in [-0.3, -0.25) is 0 Å². The predicted molar refractivity (Wildman–Crippen MR) is 80.8 cm³/mol. The average Bonchev–Trinajstić information content (AvgIpc) is 2.34. The average molecular weight is 452 g/mol. The molecule has 0 saturated heterocycles. The number of benzene rings is 1. The number of pyridine rings is 1. The first kappa shape index (κ1) is 14.5. The summed E-state index contributed by atoms with van der Waals surface area (Å²) in [6.45, 7) is 0. The molecule has 0 fully saturated rings. The van der Waals surface area contributed by atoms with E-state index in [1.54, 1.807) is 24.4 Å². The van der Waals surface area contributed by atoms with E-state index in [0.29, 0.717) is 14.8 Å². The van der Waals surface area contributed by atoms with Crippen LogP contribution in [0.1, 0.15) is 10.4 Å². The lowest BCUT2D eigenvalue weighted by Crippen LogP contribution is -2.01. The van der Waals surface area contributed by atoms with E-state index in [0.717, 1.165) is 4.47 Å². The molecule has 19 heavy (non-hydrogen) atoms. The van der Waals surface area contributed by atoms with Crippen molar-refractivity contribution in [3.8, 4) is 11.6 Å². The smallest absolute Gasteiger partial charge is 0.339 e. The van der Waals surface area contributed by atoms with Gasteiger partial charge < -0.3 is 9.84 Å². The van der Waals surface area contributed by atoms with Crippen LogP contribution in [0.4, 0.5) is 0 Å². The Hall–Kier alpha value is -0.920. The van der Waals surface area contributed by atoms with Crippen molar-refractivity contribution in [2.45, 2.75) is 0 Å². The Labute approximate surface area is 134 Å². The van der Waals surface area contributed by atoms with E-state index in [1.165, 1.54) is 6.07 Å². The second kappa shape index (κ2) is 6.02. The highest BCUT2D eigenvalue weighted by Crippen LogP contribution is 2.32. The fourth-order valence-corrected chi connectivity index (χ4v) is 2.77. The van der Waals surface area contributed by atoms with Crippen LogP contribution in [0, 0.1) is 0 Å². The lowest BCUT2D eigenvalue weighted by Gasteiger charge is -2.09. The number of carboxylic acid groups (broad SMARTS) is 1. The van der Waals surface area contributed by atoms with Crippen LogP contribution in [0.3, 0.4) is 0 Å². The van der Waals surface area contributed by atoms with Crippen molar-refractivity contribution < 1.29 is 14.6 Å². The topological polar surface area (TPSA) is 59.4 Å². The molecule has 7 heteroatoms. The molecule has 0 aliphatic carbocycles. The standard InChI is InChI=1S/C12H6Br3NO3/c13-6-1-2-10(8(3-6)12(17)18)19-11-9(15)4-7(14)5-16-11/h1-5H,(H,17,18). The summed E-state index contributed by atoms with van der Waals surface area (Å²) in [7, 11) is 0. The first-order valence-electron chi connectivity index (χ1n) is 4.99. The molecule has 4 nitrogen and oxygen atoms in total. The molecule has 0 radical (unpaired) electrons. The van der Waals surface area contributed by atoms with Crippen molar-refractivity contribution in [1.82, 2.24) is 4.98 Å². The zero-order valence-corrected chi connectivity index (χ0v) is 14.0.